The Kier molecular flexibility index (Phi) is 7.70. The number of rotatable bonds is 2. The quantitative estimate of drug-likeness (QED) is 0.722. The Morgan fingerprint density at radius 1 is 1.00 bits per heavy atom. The van der Waals surface area contributed by atoms with Crippen LogP contribution in [0.5, 0.6) is 0 Å². The zero-order valence-electron chi connectivity index (χ0n) is 8.77. The normalized spacial score (nSPS) is 16.3. The van der Waals surface area contributed by atoms with Gasteiger partial charge in [0.2, 0.25) is 0 Å². The monoisotopic (exact) mass is 320 g/mol. The molecule has 0 unspecified atom stereocenters. The van der Waals surface area contributed by atoms with Crippen LogP contribution in [0.1, 0.15) is 19.8 Å². The molecule has 0 N–H and O–H groups in total. The first kappa shape index (κ1) is 15.3. The molecule has 0 aromatic carbocycles. The van der Waals surface area contributed by atoms with Crippen LogP contribution in [0.15, 0.2) is 43.0 Å². The molecule has 0 amide bonds. The van der Waals surface area contributed by atoms with Gasteiger partial charge in [0.1, 0.15) is 0 Å². The predicted octanol–water partition coefficient (Wildman–Crippen LogP) is 3.96. The first-order valence-electron chi connectivity index (χ1n) is 4.80. The summed E-state index contributed by atoms with van der Waals surface area (Å²) in [4.78, 5) is 0. The summed E-state index contributed by atoms with van der Waals surface area (Å²) in [6.45, 7) is 2.24. The maximum absolute atomic E-state index is 2.50. The Hall–Kier alpha value is 0.293. The molecule has 15 heavy (non-hydrogen) atoms. The van der Waals surface area contributed by atoms with Gasteiger partial charge in [0.25, 0.3) is 0 Å². The van der Waals surface area contributed by atoms with Crippen LogP contribution in [0.3, 0.4) is 0 Å². The molecule has 0 saturated heterocycles. The third-order valence-corrected chi connectivity index (χ3v) is 9.17. The summed E-state index contributed by atoms with van der Waals surface area (Å²) in [5.74, 6) is 0. The predicted molar refractivity (Wildman–Crippen MR) is 69.9 cm³/mol. The minimum absolute atomic E-state index is 0. The van der Waals surface area contributed by atoms with Gasteiger partial charge in [0, 0.05) is 0 Å². The van der Waals surface area contributed by atoms with Crippen LogP contribution in [0, 0.1) is 0 Å². The van der Waals surface area contributed by atoms with E-state index in [0.29, 0.717) is 0 Å². The van der Waals surface area contributed by atoms with E-state index >= 15 is 0 Å². The molecule has 0 bridgehead atoms. The average Bonchev–Trinajstić information content (AvgIpc) is 2.76. The van der Waals surface area contributed by atoms with Gasteiger partial charge in [-0.15, -0.1) is 24.8 Å². The second-order valence-corrected chi connectivity index (χ2v) is 9.96. The smallest absolute Gasteiger partial charge is 0.147 e. The van der Waals surface area contributed by atoms with Crippen molar-refractivity contribution in [2.75, 3.05) is 0 Å². The summed E-state index contributed by atoms with van der Waals surface area (Å²) in [5.41, 5.74) is 0. The van der Waals surface area contributed by atoms with Crippen molar-refractivity contribution >= 4 is 28.5 Å². The molecule has 0 aromatic rings. The molecule has 82 valence electrons. The summed E-state index contributed by atoms with van der Waals surface area (Å²) in [6, 6.07) is 0. The molecule has 0 saturated carbocycles. The summed E-state index contributed by atoms with van der Waals surface area (Å²) in [5, 5.41) is 0. The van der Waals surface area contributed by atoms with Crippen LogP contribution >= 0.6 is 24.8 Å². The molecule has 0 spiro atoms. The fourth-order valence-corrected chi connectivity index (χ4v) is 7.72. The van der Waals surface area contributed by atoms with E-state index in [1.807, 2.05) is 0 Å². The summed E-state index contributed by atoms with van der Waals surface area (Å²) in [7, 11) is 0. The van der Waals surface area contributed by atoms with E-state index in [1.54, 1.807) is 6.56 Å². The van der Waals surface area contributed by atoms with Crippen molar-refractivity contribution < 1.29 is 21.3 Å². The Labute approximate surface area is 112 Å². The van der Waals surface area contributed by atoms with Crippen LogP contribution in [0.2, 0.25) is 0 Å². The molecule has 3 heteroatoms. The van der Waals surface area contributed by atoms with Gasteiger partial charge in [-0.3, -0.25) is 0 Å². The van der Waals surface area contributed by atoms with Crippen LogP contribution in [-0.4, -0.2) is 3.71 Å². The van der Waals surface area contributed by atoms with Crippen LogP contribution in [0.25, 0.3) is 0 Å². The fraction of sp³-hybridized carbons (Fsp3) is 0.250. The molecule has 2 rings (SSSR count). The summed E-state index contributed by atoms with van der Waals surface area (Å²) >= 11 is -1.44. The van der Waals surface area contributed by atoms with Crippen molar-refractivity contribution in [1.82, 2.24) is 0 Å². The maximum Gasteiger partial charge on any atom is -0.147 e. The number of halogens is 2. The van der Waals surface area contributed by atoms with Crippen molar-refractivity contribution in [1.29, 1.82) is 0 Å². The second kappa shape index (κ2) is 7.55. The topological polar surface area (TPSA) is 0 Å². The number of hydrogen-bond acceptors (Lipinski definition) is 0. The van der Waals surface area contributed by atoms with Crippen molar-refractivity contribution in [3.8, 4) is 0 Å². The van der Waals surface area contributed by atoms with Gasteiger partial charge in [0.15, 0.2) is 0 Å². The molecule has 0 atom stereocenters. The number of hydrogen-bond donors (Lipinski definition) is 0. The summed E-state index contributed by atoms with van der Waals surface area (Å²) < 4.78 is 5.97. The third-order valence-electron chi connectivity index (χ3n) is 2.52. The van der Waals surface area contributed by atoms with E-state index in [1.165, 1.54) is 12.8 Å². The van der Waals surface area contributed by atoms with E-state index in [0.717, 1.165) is 0 Å². The molecule has 2 aliphatic rings. The van der Waals surface area contributed by atoms with Crippen molar-refractivity contribution in [2.45, 2.75) is 19.8 Å². The van der Waals surface area contributed by atoms with E-state index in [9.17, 15) is 0 Å². The molecule has 0 fully saturated rings. The van der Waals surface area contributed by atoms with Crippen LogP contribution < -0.4 is 0 Å². The zero-order chi connectivity index (χ0) is 9.10. The van der Waals surface area contributed by atoms with E-state index in [2.05, 4.69) is 47.1 Å². The molecular formula is C12H16Cl2Zr. The van der Waals surface area contributed by atoms with Crippen LogP contribution in [0.4, 0.5) is 0 Å². The van der Waals surface area contributed by atoms with Gasteiger partial charge in [0.05, 0.1) is 0 Å². The Balaban J connectivity index is 0.000000980. The fourth-order valence-electron chi connectivity index (χ4n) is 1.87. The molecule has 0 radical (unpaired) electrons. The zero-order valence-corrected chi connectivity index (χ0v) is 12.9. The Bertz CT molecular complexity index is 328. The molecule has 2 aliphatic carbocycles. The largest absolute Gasteiger partial charge is 0.147 e. The van der Waals surface area contributed by atoms with Gasteiger partial charge in [-0.05, 0) is 0 Å². The minimum Gasteiger partial charge on any atom is -0.147 e. The van der Waals surface area contributed by atoms with Crippen molar-refractivity contribution in [3.63, 3.8) is 0 Å². The van der Waals surface area contributed by atoms with Gasteiger partial charge >= 0.3 is 87.8 Å². The Morgan fingerprint density at radius 3 is 1.73 bits per heavy atom. The third kappa shape index (κ3) is 3.66. The molecule has 0 nitrogen and oxygen atoms in total. The van der Waals surface area contributed by atoms with Gasteiger partial charge in [-0.2, -0.15) is 0 Å². The van der Waals surface area contributed by atoms with Gasteiger partial charge in [-0.25, -0.2) is 0 Å². The first-order chi connectivity index (χ1) is 6.42. The van der Waals surface area contributed by atoms with E-state index in [-0.39, 0.29) is 24.8 Å². The molecule has 0 aliphatic heterocycles. The van der Waals surface area contributed by atoms with Crippen molar-refractivity contribution in [2.24, 2.45) is 0 Å². The number of allylic oxidation sites excluding steroid dienone is 8. The van der Waals surface area contributed by atoms with Gasteiger partial charge in [-0.1, -0.05) is 0 Å². The first-order valence-corrected chi connectivity index (χ1v) is 8.68. The molecular weight excluding hydrogens is 306 g/mol. The van der Waals surface area contributed by atoms with Crippen LogP contribution in [-0.2, 0) is 21.3 Å². The minimum atomic E-state index is -1.44. The van der Waals surface area contributed by atoms with Crippen molar-refractivity contribution in [3.05, 3.63) is 43.0 Å². The maximum atomic E-state index is 2.50. The standard InChI is InChI=1S/2C5H5.C2H4.2ClH.Zr/c2*1-2-4-5-3-1;1-2;;;/h2*1-3H,4H2;1H,2H3;2*1H;. The molecule has 0 aromatic heterocycles. The molecule has 0 heterocycles. The Morgan fingerprint density at radius 2 is 1.47 bits per heavy atom. The average molecular weight is 322 g/mol. The summed E-state index contributed by atoms with van der Waals surface area (Å²) in [6.07, 6.45) is 16.1. The SMILES string of the molecule is C[CH]=[Zr]([C]1=CC=CC1)[C]1=CC=CC1.Cl.Cl. The van der Waals surface area contributed by atoms with Gasteiger partial charge < -0.3 is 0 Å². The second-order valence-electron chi connectivity index (χ2n) is 3.35. The van der Waals surface area contributed by atoms with E-state index < -0.39 is 21.3 Å². The van der Waals surface area contributed by atoms with E-state index in [4.69, 9.17) is 0 Å².